The minimum absolute atomic E-state index is 0.299. The summed E-state index contributed by atoms with van der Waals surface area (Å²) in [5.41, 5.74) is 2.69. The topological polar surface area (TPSA) is 85.5 Å². The van der Waals surface area contributed by atoms with Crippen LogP contribution in [0.25, 0.3) is 21.7 Å². The minimum atomic E-state index is -0.697. The molecule has 7 nitrogen and oxygen atoms in total. The lowest BCUT2D eigenvalue weighted by molar-refractivity contribution is -0.131. The van der Waals surface area contributed by atoms with Crippen LogP contribution in [0.3, 0.4) is 0 Å². The lowest BCUT2D eigenvalue weighted by Gasteiger charge is -2.24. The summed E-state index contributed by atoms with van der Waals surface area (Å²) < 4.78 is 0. The highest BCUT2D eigenvalue weighted by Crippen LogP contribution is 2.27. The maximum absolute atomic E-state index is 13.2. The molecule has 4 amide bonds. The van der Waals surface area contributed by atoms with Gasteiger partial charge in [0.15, 0.2) is 0 Å². The van der Waals surface area contributed by atoms with E-state index in [1.54, 1.807) is 4.90 Å². The van der Waals surface area contributed by atoms with Crippen molar-refractivity contribution < 1.29 is 14.4 Å². The monoisotopic (exact) mass is 440 g/mol. The summed E-state index contributed by atoms with van der Waals surface area (Å²) in [6, 6.07) is 20.2. The van der Waals surface area contributed by atoms with Crippen molar-refractivity contribution in [3.05, 3.63) is 78.5 Å². The number of H-pyrrole nitrogens is 1. The van der Waals surface area contributed by atoms with Crippen molar-refractivity contribution in [1.29, 1.82) is 0 Å². The van der Waals surface area contributed by atoms with E-state index in [0.717, 1.165) is 37.8 Å². The maximum Gasteiger partial charge on any atom is 0.325 e. The highest BCUT2D eigenvalue weighted by Gasteiger charge is 2.40. The second-order valence-corrected chi connectivity index (χ2v) is 8.13. The van der Waals surface area contributed by atoms with E-state index in [1.807, 2.05) is 79.9 Å². The highest BCUT2D eigenvalue weighted by molar-refractivity contribution is 6.10. The molecular formula is C26H24N4O3. The van der Waals surface area contributed by atoms with Crippen molar-refractivity contribution in [2.75, 3.05) is 18.0 Å². The molecule has 33 heavy (non-hydrogen) atoms. The van der Waals surface area contributed by atoms with Crippen molar-refractivity contribution in [2.45, 2.75) is 19.4 Å². The van der Waals surface area contributed by atoms with Crippen molar-refractivity contribution in [3.8, 4) is 0 Å². The van der Waals surface area contributed by atoms with Gasteiger partial charge in [0, 0.05) is 35.5 Å². The Balaban J connectivity index is 1.34. The van der Waals surface area contributed by atoms with Crippen LogP contribution in [-0.4, -0.2) is 46.9 Å². The second-order valence-electron chi connectivity index (χ2n) is 8.13. The van der Waals surface area contributed by atoms with Gasteiger partial charge in [-0.3, -0.25) is 14.5 Å². The fourth-order valence-electron chi connectivity index (χ4n) is 4.53. The van der Waals surface area contributed by atoms with Gasteiger partial charge in [-0.25, -0.2) is 4.79 Å². The van der Waals surface area contributed by atoms with Gasteiger partial charge in [0.05, 0.1) is 5.69 Å². The van der Waals surface area contributed by atoms with Gasteiger partial charge < -0.3 is 15.2 Å². The molecule has 7 heteroatoms. The number of anilines is 1. The Hall–Kier alpha value is -4.13. The van der Waals surface area contributed by atoms with Crippen molar-refractivity contribution in [2.24, 2.45) is 0 Å². The number of benzene rings is 3. The molecule has 1 aromatic heterocycles. The molecule has 1 aliphatic rings. The smallest absolute Gasteiger partial charge is 0.325 e. The van der Waals surface area contributed by atoms with Crippen LogP contribution in [0.4, 0.5) is 10.5 Å². The Morgan fingerprint density at radius 1 is 0.970 bits per heavy atom. The lowest BCUT2D eigenvalue weighted by Crippen LogP contribution is -2.43. The van der Waals surface area contributed by atoms with E-state index in [1.165, 1.54) is 0 Å². The first-order chi connectivity index (χ1) is 16.1. The molecular weight excluding hydrogens is 416 g/mol. The molecule has 0 aliphatic carbocycles. The molecule has 0 radical (unpaired) electrons. The predicted octanol–water partition coefficient (Wildman–Crippen LogP) is 3.84. The maximum atomic E-state index is 13.2. The minimum Gasteiger partial charge on any atom is -0.361 e. The van der Waals surface area contributed by atoms with Gasteiger partial charge in [-0.05, 0) is 30.0 Å². The lowest BCUT2D eigenvalue weighted by atomic mass is 10.1. The molecule has 2 heterocycles. The number of aromatic amines is 1. The number of urea groups is 1. The predicted molar refractivity (Wildman–Crippen MR) is 128 cm³/mol. The van der Waals surface area contributed by atoms with Crippen LogP contribution in [0.15, 0.2) is 72.9 Å². The number of para-hydroxylation sites is 1. The fourth-order valence-corrected chi connectivity index (χ4v) is 4.53. The summed E-state index contributed by atoms with van der Waals surface area (Å²) in [5.74, 6) is -0.683. The molecule has 1 fully saturated rings. The molecule has 0 bridgehead atoms. The fraction of sp³-hybridized carbons (Fsp3) is 0.192. The second kappa shape index (κ2) is 8.43. The van der Waals surface area contributed by atoms with Crippen LogP contribution in [-0.2, 0) is 16.0 Å². The first kappa shape index (κ1) is 20.8. The van der Waals surface area contributed by atoms with Crippen LogP contribution < -0.4 is 10.2 Å². The number of carbonyl (C=O) groups is 3. The molecule has 4 aromatic rings. The van der Waals surface area contributed by atoms with Crippen LogP contribution in [0.5, 0.6) is 0 Å². The summed E-state index contributed by atoms with van der Waals surface area (Å²) >= 11 is 0. The van der Waals surface area contributed by atoms with E-state index >= 15 is 0 Å². The summed E-state index contributed by atoms with van der Waals surface area (Å²) in [6.07, 6.45) is 2.22. The van der Waals surface area contributed by atoms with Crippen LogP contribution in [0.1, 0.15) is 12.5 Å². The zero-order valence-corrected chi connectivity index (χ0v) is 18.2. The van der Waals surface area contributed by atoms with Crippen LogP contribution >= 0.6 is 0 Å². The largest absolute Gasteiger partial charge is 0.361 e. The molecule has 3 aromatic carbocycles. The number of aromatic nitrogens is 1. The van der Waals surface area contributed by atoms with E-state index in [4.69, 9.17) is 0 Å². The summed E-state index contributed by atoms with van der Waals surface area (Å²) in [7, 11) is 0. The molecule has 1 saturated heterocycles. The number of hydrogen-bond donors (Lipinski definition) is 2. The van der Waals surface area contributed by atoms with E-state index in [2.05, 4.69) is 10.3 Å². The molecule has 1 aliphatic heterocycles. The van der Waals surface area contributed by atoms with E-state index in [0.29, 0.717) is 13.0 Å². The molecule has 1 atom stereocenters. The highest BCUT2D eigenvalue weighted by atomic mass is 16.2. The molecule has 166 valence electrons. The van der Waals surface area contributed by atoms with Crippen molar-refractivity contribution in [3.63, 3.8) is 0 Å². The Bertz CT molecular complexity index is 1370. The van der Waals surface area contributed by atoms with Crippen LogP contribution in [0, 0.1) is 0 Å². The van der Waals surface area contributed by atoms with Gasteiger partial charge in [0.1, 0.15) is 12.6 Å². The first-order valence-corrected chi connectivity index (χ1v) is 11.0. The Morgan fingerprint density at radius 3 is 2.52 bits per heavy atom. The van der Waals surface area contributed by atoms with E-state index in [-0.39, 0.29) is 18.4 Å². The Morgan fingerprint density at radius 2 is 1.70 bits per heavy atom. The van der Waals surface area contributed by atoms with Crippen molar-refractivity contribution >= 4 is 45.2 Å². The number of fused-ring (bicyclic) bond motifs is 2. The standard InChI is InChI=1S/C26H24N4O3/c1-2-29(23-13-7-9-17-8-3-4-11-20(17)23)24(31)16-30-25(32)22(28-26(30)33)14-18-15-27-21-12-6-5-10-19(18)21/h3-13,15,22,27H,2,14,16H2,1H3,(H,28,33). The number of imide groups is 1. The quantitative estimate of drug-likeness (QED) is 0.447. The molecule has 0 spiro atoms. The Labute approximate surface area is 191 Å². The van der Waals surface area contributed by atoms with Gasteiger partial charge in [-0.1, -0.05) is 54.6 Å². The molecule has 5 rings (SSSR count). The molecule has 2 N–H and O–H groups in total. The zero-order chi connectivity index (χ0) is 22.9. The number of hydrogen-bond acceptors (Lipinski definition) is 3. The average molecular weight is 441 g/mol. The average Bonchev–Trinajstić information content (AvgIpc) is 3.36. The van der Waals surface area contributed by atoms with Gasteiger partial charge in [0.25, 0.3) is 5.91 Å². The number of rotatable bonds is 6. The summed E-state index contributed by atoms with van der Waals surface area (Å²) in [4.78, 5) is 44.7. The number of carbonyl (C=O) groups excluding carboxylic acids is 3. The van der Waals surface area contributed by atoms with Gasteiger partial charge in [-0.15, -0.1) is 0 Å². The molecule has 0 saturated carbocycles. The Kier molecular flexibility index (Phi) is 5.30. The van der Waals surface area contributed by atoms with E-state index in [9.17, 15) is 14.4 Å². The SMILES string of the molecule is CCN(C(=O)CN1C(=O)NC(Cc2c[nH]c3ccccc23)C1=O)c1cccc2ccccc12. The third kappa shape index (κ3) is 3.71. The summed E-state index contributed by atoms with van der Waals surface area (Å²) in [5, 5.41) is 5.73. The van der Waals surface area contributed by atoms with Gasteiger partial charge in [-0.2, -0.15) is 0 Å². The van der Waals surface area contributed by atoms with Gasteiger partial charge >= 0.3 is 6.03 Å². The third-order valence-electron chi connectivity index (χ3n) is 6.17. The van der Waals surface area contributed by atoms with Gasteiger partial charge in [0.2, 0.25) is 5.91 Å². The van der Waals surface area contributed by atoms with Crippen LogP contribution in [0.2, 0.25) is 0 Å². The molecule has 1 unspecified atom stereocenters. The number of nitrogens with zero attached hydrogens (tertiary/aromatic N) is 2. The van der Waals surface area contributed by atoms with Crippen molar-refractivity contribution in [1.82, 2.24) is 15.2 Å². The normalized spacial score (nSPS) is 15.9. The zero-order valence-electron chi connectivity index (χ0n) is 18.2. The summed E-state index contributed by atoms with van der Waals surface area (Å²) in [6.45, 7) is 2.01. The number of amides is 4. The third-order valence-corrected chi connectivity index (χ3v) is 6.17. The number of likely N-dealkylation sites (N-methyl/N-ethyl adjacent to an activating group) is 1. The first-order valence-electron chi connectivity index (χ1n) is 11.0. The van der Waals surface area contributed by atoms with E-state index < -0.39 is 12.1 Å². The number of nitrogens with one attached hydrogen (secondary N) is 2.